The summed E-state index contributed by atoms with van der Waals surface area (Å²) in [5.74, 6) is 0. The zero-order valence-electron chi connectivity index (χ0n) is 11.7. The topological polar surface area (TPSA) is 21.3 Å². The van der Waals surface area contributed by atoms with Gasteiger partial charge in [0.1, 0.15) is 6.61 Å². The van der Waals surface area contributed by atoms with Crippen LogP contribution >= 0.6 is 0 Å². The van der Waals surface area contributed by atoms with Crippen LogP contribution in [0.1, 0.15) is 37.3 Å². The molecule has 0 fully saturated rings. The third-order valence-electron chi connectivity index (χ3n) is 3.10. The van der Waals surface area contributed by atoms with Gasteiger partial charge in [-0.05, 0) is 25.5 Å². The van der Waals surface area contributed by atoms with E-state index in [4.69, 9.17) is 0 Å². The molecule has 0 heterocycles. The summed E-state index contributed by atoms with van der Waals surface area (Å²) in [6.45, 7) is -0.967. The predicted molar refractivity (Wildman–Crippen MR) is 73.6 cm³/mol. The van der Waals surface area contributed by atoms with Gasteiger partial charge < -0.3 is 10.1 Å². The second-order valence-corrected chi connectivity index (χ2v) is 4.77. The number of halogens is 3. The molecule has 0 aromatic heterocycles. The molecule has 0 aliphatic heterocycles. The summed E-state index contributed by atoms with van der Waals surface area (Å²) in [4.78, 5) is 0. The molecule has 0 bridgehead atoms. The number of hydrogen-bond acceptors (Lipinski definition) is 2. The third-order valence-corrected chi connectivity index (χ3v) is 3.10. The lowest BCUT2D eigenvalue weighted by atomic mass is 10.0. The average Bonchev–Trinajstić information content (AvgIpc) is 2.42. The van der Waals surface area contributed by atoms with Crippen LogP contribution in [0.25, 0.3) is 0 Å². The van der Waals surface area contributed by atoms with Gasteiger partial charge in [-0.25, -0.2) is 0 Å². The van der Waals surface area contributed by atoms with E-state index in [0.717, 1.165) is 19.3 Å². The van der Waals surface area contributed by atoms with Crippen LogP contribution < -0.4 is 5.32 Å². The molecular formula is C15H22F3NO. The molecule has 0 amide bonds. The molecule has 20 heavy (non-hydrogen) atoms. The maximum Gasteiger partial charge on any atom is 0.411 e. The van der Waals surface area contributed by atoms with Gasteiger partial charge in [-0.3, -0.25) is 0 Å². The largest absolute Gasteiger partial charge is 0.411 e. The molecule has 0 spiro atoms. The Kier molecular flexibility index (Phi) is 7.62. The van der Waals surface area contributed by atoms with Gasteiger partial charge >= 0.3 is 6.18 Å². The molecule has 0 saturated carbocycles. The fraction of sp³-hybridized carbons (Fsp3) is 0.600. The minimum atomic E-state index is -4.22. The van der Waals surface area contributed by atoms with Gasteiger partial charge in [0, 0.05) is 12.6 Å². The van der Waals surface area contributed by atoms with Crippen molar-refractivity contribution < 1.29 is 17.9 Å². The van der Waals surface area contributed by atoms with Crippen LogP contribution in [0.3, 0.4) is 0 Å². The summed E-state index contributed by atoms with van der Waals surface area (Å²) < 4.78 is 40.1. The molecule has 1 rings (SSSR count). The monoisotopic (exact) mass is 289 g/mol. The van der Waals surface area contributed by atoms with Crippen LogP contribution in [-0.4, -0.2) is 26.4 Å². The van der Waals surface area contributed by atoms with E-state index >= 15 is 0 Å². The molecule has 0 aliphatic carbocycles. The van der Waals surface area contributed by atoms with Crippen molar-refractivity contribution in [2.45, 2.75) is 37.9 Å². The van der Waals surface area contributed by atoms with E-state index < -0.39 is 12.8 Å². The highest BCUT2D eigenvalue weighted by Crippen LogP contribution is 2.19. The molecule has 1 unspecified atom stereocenters. The van der Waals surface area contributed by atoms with Crippen molar-refractivity contribution in [1.82, 2.24) is 5.32 Å². The summed E-state index contributed by atoms with van der Waals surface area (Å²) >= 11 is 0. The van der Waals surface area contributed by atoms with E-state index in [1.807, 2.05) is 25.2 Å². The normalized spacial score (nSPS) is 13.4. The van der Waals surface area contributed by atoms with Crippen LogP contribution in [0.15, 0.2) is 30.3 Å². The van der Waals surface area contributed by atoms with Crippen LogP contribution in [0.2, 0.25) is 0 Å². The van der Waals surface area contributed by atoms with E-state index in [-0.39, 0.29) is 6.61 Å². The Bertz CT molecular complexity index is 354. The van der Waals surface area contributed by atoms with E-state index in [1.54, 1.807) is 0 Å². The summed E-state index contributed by atoms with van der Waals surface area (Å²) in [7, 11) is 1.92. The molecule has 2 nitrogen and oxygen atoms in total. The van der Waals surface area contributed by atoms with Gasteiger partial charge in [0.25, 0.3) is 0 Å². The van der Waals surface area contributed by atoms with Crippen LogP contribution in [0.4, 0.5) is 13.2 Å². The van der Waals surface area contributed by atoms with Gasteiger partial charge in [0.05, 0.1) is 0 Å². The summed E-state index contributed by atoms with van der Waals surface area (Å²) in [6.07, 6.45) is -0.732. The van der Waals surface area contributed by atoms with Gasteiger partial charge in [0.15, 0.2) is 0 Å². The number of hydrogen-bond donors (Lipinski definition) is 1. The minimum absolute atomic E-state index is 0.176. The Hall–Kier alpha value is -1.07. The molecule has 5 heteroatoms. The molecule has 0 radical (unpaired) electrons. The fourth-order valence-electron chi connectivity index (χ4n) is 2.08. The highest BCUT2D eigenvalue weighted by atomic mass is 19.4. The standard InChI is InChI=1S/C15H22F3NO/c1-19-14(13-8-4-2-5-9-13)10-6-3-7-11-20-12-15(16,17)18/h2,4-5,8-9,14,19H,3,6-7,10-12H2,1H3. The second kappa shape index (κ2) is 8.97. The Morgan fingerprint density at radius 3 is 2.40 bits per heavy atom. The average molecular weight is 289 g/mol. The summed E-state index contributed by atoms with van der Waals surface area (Å²) in [5.41, 5.74) is 1.24. The van der Waals surface area contributed by atoms with Crippen molar-refractivity contribution in [2.24, 2.45) is 0 Å². The van der Waals surface area contributed by atoms with Crippen molar-refractivity contribution in [3.8, 4) is 0 Å². The van der Waals surface area contributed by atoms with Crippen molar-refractivity contribution in [3.63, 3.8) is 0 Å². The lowest BCUT2D eigenvalue weighted by Crippen LogP contribution is -2.17. The van der Waals surface area contributed by atoms with E-state index in [2.05, 4.69) is 22.2 Å². The molecule has 0 saturated heterocycles. The summed E-state index contributed by atoms with van der Waals surface area (Å²) in [6, 6.07) is 10.4. The zero-order valence-corrected chi connectivity index (χ0v) is 11.7. The second-order valence-electron chi connectivity index (χ2n) is 4.77. The quantitative estimate of drug-likeness (QED) is 0.691. The lowest BCUT2D eigenvalue weighted by Gasteiger charge is -2.16. The van der Waals surface area contributed by atoms with E-state index in [0.29, 0.717) is 12.5 Å². The lowest BCUT2D eigenvalue weighted by molar-refractivity contribution is -0.174. The maximum absolute atomic E-state index is 11.8. The minimum Gasteiger partial charge on any atom is -0.372 e. The molecule has 1 N–H and O–H groups in total. The van der Waals surface area contributed by atoms with Gasteiger partial charge in [-0.1, -0.05) is 43.2 Å². The first kappa shape index (κ1) is 17.0. The zero-order chi connectivity index (χ0) is 14.8. The van der Waals surface area contributed by atoms with Gasteiger partial charge in [0.2, 0.25) is 0 Å². The van der Waals surface area contributed by atoms with Crippen LogP contribution in [0.5, 0.6) is 0 Å². The maximum atomic E-state index is 11.8. The Balaban J connectivity index is 2.11. The summed E-state index contributed by atoms with van der Waals surface area (Å²) in [5, 5.41) is 3.26. The smallest absolute Gasteiger partial charge is 0.372 e. The molecule has 0 aliphatic rings. The first-order valence-electron chi connectivity index (χ1n) is 6.89. The van der Waals surface area contributed by atoms with Crippen LogP contribution in [-0.2, 0) is 4.74 Å². The van der Waals surface area contributed by atoms with Crippen LogP contribution in [0, 0.1) is 0 Å². The highest BCUT2D eigenvalue weighted by Gasteiger charge is 2.27. The van der Waals surface area contributed by atoms with Gasteiger partial charge in [-0.2, -0.15) is 13.2 Å². The molecule has 114 valence electrons. The Labute approximate surface area is 118 Å². The fourth-order valence-corrected chi connectivity index (χ4v) is 2.08. The molecular weight excluding hydrogens is 267 g/mol. The predicted octanol–water partition coefficient (Wildman–Crippen LogP) is 4.09. The molecule has 1 atom stereocenters. The first-order valence-corrected chi connectivity index (χ1v) is 6.89. The number of nitrogens with one attached hydrogen (secondary N) is 1. The van der Waals surface area contributed by atoms with Crippen molar-refractivity contribution in [3.05, 3.63) is 35.9 Å². The number of alkyl halides is 3. The van der Waals surface area contributed by atoms with E-state index in [9.17, 15) is 13.2 Å². The number of unbranched alkanes of at least 4 members (excludes halogenated alkanes) is 2. The van der Waals surface area contributed by atoms with Gasteiger partial charge in [-0.15, -0.1) is 0 Å². The highest BCUT2D eigenvalue weighted by molar-refractivity contribution is 5.18. The van der Waals surface area contributed by atoms with Crippen molar-refractivity contribution >= 4 is 0 Å². The first-order chi connectivity index (χ1) is 9.53. The Morgan fingerprint density at radius 2 is 1.80 bits per heavy atom. The number of ether oxygens (including phenoxy) is 1. The number of benzene rings is 1. The molecule has 1 aromatic rings. The number of rotatable bonds is 9. The van der Waals surface area contributed by atoms with E-state index in [1.165, 1.54) is 5.56 Å². The Morgan fingerprint density at radius 1 is 1.10 bits per heavy atom. The SMILES string of the molecule is CNC(CCCCCOCC(F)(F)F)c1ccccc1. The molecule has 1 aromatic carbocycles. The van der Waals surface area contributed by atoms with Crippen molar-refractivity contribution in [1.29, 1.82) is 0 Å². The third kappa shape index (κ3) is 7.50. The van der Waals surface area contributed by atoms with Crippen molar-refractivity contribution in [2.75, 3.05) is 20.3 Å².